The van der Waals surface area contributed by atoms with Gasteiger partial charge in [0.15, 0.2) is 5.75 Å². The highest BCUT2D eigenvalue weighted by molar-refractivity contribution is 6.04. The second-order valence-corrected chi connectivity index (χ2v) is 8.45. The lowest BCUT2D eigenvalue weighted by atomic mass is 9.79. The smallest absolute Gasteiger partial charge is 0.250 e. The van der Waals surface area contributed by atoms with Gasteiger partial charge in [-0.3, -0.25) is 4.79 Å². The number of anilines is 1. The van der Waals surface area contributed by atoms with Crippen LogP contribution < -0.4 is 5.32 Å². The Kier molecular flexibility index (Phi) is 6.25. The van der Waals surface area contributed by atoms with Crippen molar-refractivity contribution in [3.05, 3.63) is 54.1 Å². The van der Waals surface area contributed by atoms with E-state index in [-0.39, 0.29) is 17.1 Å². The molecule has 6 nitrogen and oxygen atoms in total. The summed E-state index contributed by atoms with van der Waals surface area (Å²) in [6.45, 7) is 11.9. The summed E-state index contributed by atoms with van der Waals surface area (Å²) in [5, 5.41) is 22.8. The largest absolute Gasteiger partial charge is 0.504 e. The Balaban J connectivity index is 2.12. The number of aromatic hydroxyl groups is 1. The summed E-state index contributed by atoms with van der Waals surface area (Å²) in [6.07, 6.45) is 4.42. The number of hydrogen-bond donors (Lipinski definition) is 2. The number of amides is 1. The minimum absolute atomic E-state index is 0.0713. The molecule has 0 spiro atoms. The lowest BCUT2D eigenvalue weighted by Gasteiger charge is -2.27. The summed E-state index contributed by atoms with van der Waals surface area (Å²) >= 11 is 0. The van der Waals surface area contributed by atoms with Gasteiger partial charge in [-0.05, 0) is 48.6 Å². The molecule has 0 unspecified atom stereocenters. The number of carbonyl (C=O) groups excluding carboxylic acids is 1. The van der Waals surface area contributed by atoms with E-state index in [1.807, 2.05) is 36.4 Å². The molecule has 0 fully saturated rings. The van der Waals surface area contributed by atoms with Gasteiger partial charge in [0.1, 0.15) is 16.7 Å². The van der Waals surface area contributed by atoms with Crippen molar-refractivity contribution in [2.75, 3.05) is 5.32 Å². The van der Waals surface area contributed by atoms with Crippen LogP contribution in [-0.4, -0.2) is 26.0 Å². The Hall–Kier alpha value is -3.15. The third-order valence-corrected chi connectivity index (χ3v) is 5.41. The summed E-state index contributed by atoms with van der Waals surface area (Å²) in [4.78, 5) is 13.7. The maximum atomic E-state index is 12.3. The molecule has 0 aliphatic rings. The first kappa shape index (κ1) is 21.6. The molecule has 0 bridgehead atoms. The van der Waals surface area contributed by atoms with Crippen LogP contribution in [0.15, 0.2) is 48.6 Å². The Bertz CT molecular complexity index is 1050. The van der Waals surface area contributed by atoms with Crippen molar-refractivity contribution in [1.82, 2.24) is 15.0 Å². The van der Waals surface area contributed by atoms with Crippen LogP contribution in [0.4, 0.5) is 5.69 Å². The molecule has 0 aliphatic carbocycles. The van der Waals surface area contributed by atoms with Crippen molar-refractivity contribution >= 4 is 22.6 Å². The summed E-state index contributed by atoms with van der Waals surface area (Å²) in [6, 6.07) is 11.3. The van der Waals surface area contributed by atoms with Gasteiger partial charge in [-0.1, -0.05) is 58.7 Å². The lowest BCUT2D eigenvalue weighted by Crippen LogP contribution is -2.19. The maximum Gasteiger partial charge on any atom is 0.250 e. The second kappa shape index (κ2) is 8.69. The van der Waals surface area contributed by atoms with E-state index in [9.17, 15) is 9.90 Å². The van der Waals surface area contributed by atoms with Crippen LogP contribution in [0.2, 0.25) is 0 Å². The van der Waals surface area contributed by atoms with Gasteiger partial charge >= 0.3 is 0 Å². The van der Waals surface area contributed by atoms with Gasteiger partial charge in [-0.25, -0.2) is 0 Å². The quantitative estimate of drug-likeness (QED) is 0.294. The van der Waals surface area contributed by atoms with Crippen molar-refractivity contribution < 1.29 is 9.90 Å². The van der Waals surface area contributed by atoms with Gasteiger partial charge in [-0.15, -0.1) is 15.0 Å². The van der Waals surface area contributed by atoms with E-state index in [2.05, 4.69) is 42.9 Å². The molecular formula is C24H30N4O2. The van der Waals surface area contributed by atoms with Crippen molar-refractivity contribution in [1.29, 1.82) is 0 Å². The van der Waals surface area contributed by atoms with Crippen LogP contribution in [0.1, 0.15) is 58.9 Å². The zero-order chi connectivity index (χ0) is 21.9. The Labute approximate surface area is 177 Å². The summed E-state index contributed by atoms with van der Waals surface area (Å²) < 4.78 is 0. The molecule has 30 heavy (non-hydrogen) atoms. The van der Waals surface area contributed by atoms with Gasteiger partial charge < -0.3 is 10.4 Å². The van der Waals surface area contributed by atoms with Crippen LogP contribution in [-0.2, 0) is 10.2 Å². The Morgan fingerprint density at radius 1 is 1.17 bits per heavy atom. The first-order valence-corrected chi connectivity index (χ1v) is 10.4. The number of carbonyl (C=O) groups is 1. The van der Waals surface area contributed by atoms with E-state index in [0.717, 1.165) is 35.9 Å². The third kappa shape index (κ3) is 4.53. The summed E-state index contributed by atoms with van der Waals surface area (Å²) in [7, 11) is 0. The zero-order valence-corrected chi connectivity index (χ0v) is 18.2. The van der Waals surface area contributed by atoms with E-state index in [4.69, 9.17) is 0 Å². The molecule has 0 atom stereocenters. The fourth-order valence-electron chi connectivity index (χ4n) is 3.42. The minimum Gasteiger partial charge on any atom is -0.504 e. The molecule has 0 radical (unpaired) electrons. The number of nitrogens with one attached hydrogen (secondary N) is 1. The standard InChI is InChI=1S/C24H30N4O2/c1-6-7-10-13-24(4,5)17-14-20(25-23(30)16(2)3)22(29)21(15-17)28-26-18-11-8-9-12-19(18)27-28/h8-9,11-12,14-15,29H,2,6-7,10,13H2,1,3-5H3,(H,25,30). The molecule has 1 aromatic heterocycles. The van der Waals surface area contributed by atoms with Crippen molar-refractivity contribution in [2.24, 2.45) is 0 Å². The number of unbranched alkanes of at least 4 members (excludes halogenated alkanes) is 2. The predicted octanol–water partition coefficient (Wildman–Crippen LogP) is 5.50. The normalized spacial score (nSPS) is 11.6. The van der Waals surface area contributed by atoms with E-state index >= 15 is 0 Å². The molecule has 1 heterocycles. The SMILES string of the molecule is C=C(C)C(=O)Nc1cc(C(C)(C)CCCCC)cc(-n2nc3ccccc3n2)c1O. The van der Waals surface area contributed by atoms with Gasteiger partial charge in [-0.2, -0.15) is 0 Å². The van der Waals surface area contributed by atoms with Crippen LogP contribution in [0.5, 0.6) is 5.75 Å². The van der Waals surface area contributed by atoms with Crippen LogP contribution in [0.25, 0.3) is 16.7 Å². The van der Waals surface area contributed by atoms with Gasteiger partial charge in [0.25, 0.3) is 5.91 Å². The average molecular weight is 407 g/mol. The molecule has 1 amide bonds. The summed E-state index contributed by atoms with van der Waals surface area (Å²) in [5.74, 6) is -0.409. The van der Waals surface area contributed by atoms with Crippen LogP contribution >= 0.6 is 0 Å². The molecule has 0 aliphatic heterocycles. The first-order chi connectivity index (χ1) is 14.2. The molecule has 158 valence electrons. The molecule has 2 aromatic carbocycles. The van der Waals surface area contributed by atoms with Crippen molar-refractivity contribution in [2.45, 2.75) is 58.8 Å². The first-order valence-electron chi connectivity index (χ1n) is 10.4. The van der Waals surface area contributed by atoms with Gasteiger partial charge in [0.2, 0.25) is 0 Å². The number of benzene rings is 2. The Morgan fingerprint density at radius 3 is 2.37 bits per heavy atom. The van der Waals surface area contributed by atoms with Crippen LogP contribution in [0, 0.1) is 0 Å². The molecule has 0 saturated carbocycles. The lowest BCUT2D eigenvalue weighted by molar-refractivity contribution is -0.112. The number of nitrogens with zero attached hydrogens (tertiary/aromatic N) is 3. The van der Waals surface area contributed by atoms with E-state index in [1.54, 1.807) is 6.92 Å². The number of rotatable bonds is 8. The average Bonchev–Trinajstić information content (AvgIpc) is 3.13. The highest BCUT2D eigenvalue weighted by atomic mass is 16.3. The topological polar surface area (TPSA) is 80.0 Å². The summed E-state index contributed by atoms with van der Waals surface area (Å²) in [5.41, 5.74) is 3.46. The highest BCUT2D eigenvalue weighted by Crippen LogP contribution is 2.38. The fraction of sp³-hybridized carbons (Fsp3) is 0.375. The second-order valence-electron chi connectivity index (χ2n) is 8.45. The molecule has 0 saturated heterocycles. The third-order valence-electron chi connectivity index (χ3n) is 5.41. The highest BCUT2D eigenvalue weighted by Gasteiger charge is 2.25. The minimum atomic E-state index is -0.337. The van der Waals surface area contributed by atoms with Gasteiger partial charge in [0.05, 0.1) is 5.69 Å². The monoisotopic (exact) mass is 406 g/mol. The number of fused-ring (bicyclic) bond motifs is 1. The molecule has 3 aromatic rings. The molecular weight excluding hydrogens is 376 g/mol. The number of aromatic nitrogens is 3. The number of phenols is 1. The van der Waals surface area contributed by atoms with Crippen molar-refractivity contribution in [3.63, 3.8) is 0 Å². The number of hydrogen-bond acceptors (Lipinski definition) is 4. The fourth-order valence-corrected chi connectivity index (χ4v) is 3.42. The van der Waals surface area contributed by atoms with Crippen LogP contribution in [0.3, 0.4) is 0 Å². The van der Waals surface area contributed by atoms with E-state index < -0.39 is 0 Å². The predicted molar refractivity (Wildman–Crippen MR) is 121 cm³/mol. The Morgan fingerprint density at radius 2 is 1.80 bits per heavy atom. The van der Waals surface area contributed by atoms with Gasteiger partial charge in [0, 0.05) is 5.57 Å². The molecule has 2 N–H and O–H groups in total. The van der Waals surface area contributed by atoms with E-state index in [1.165, 1.54) is 11.2 Å². The maximum absolute atomic E-state index is 12.3. The molecule has 3 rings (SSSR count). The van der Waals surface area contributed by atoms with E-state index in [0.29, 0.717) is 16.9 Å². The number of phenolic OH excluding ortho intramolecular Hbond substituents is 1. The van der Waals surface area contributed by atoms with Crippen molar-refractivity contribution in [3.8, 4) is 11.4 Å². The molecule has 6 heteroatoms. The zero-order valence-electron chi connectivity index (χ0n) is 18.2.